The van der Waals surface area contributed by atoms with Gasteiger partial charge in [-0.05, 0) is 47.5 Å². The Morgan fingerprint density at radius 1 is 0.973 bits per heavy atom. The maximum Gasteiger partial charge on any atom is 0.407 e. The van der Waals surface area contributed by atoms with Crippen molar-refractivity contribution >= 4 is 17.0 Å². The molecule has 188 valence electrons. The van der Waals surface area contributed by atoms with E-state index in [4.69, 9.17) is 9.47 Å². The molecule has 7 heteroatoms. The predicted molar refractivity (Wildman–Crippen MR) is 139 cm³/mol. The number of fused-ring (bicyclic) bond motifs is 1. The summed E-state index contributed by atoms with van der Waals surface area (Å²) in [5.74, 6) is 0.494. The van der Waals surface area contributed by atoms with E-state index in [1.807, 2.05) is 30.3 Å². The van der Waals surface area contributed by atoms with Crippen molar-refractivity contribution in [1.82, 2.24) is 15.2 Å². The fourth-order valence-electron chi connectivity index (χ4n) is 5.34. The van der Waals surface area contributed by atoms with Crippen molar-refractivity contribution in [2.75, 3.05) is 19.6 Å². The highest BCUT2D eigenvalue weighted by Crippen LogP contribution is 2.36. The second kappa shape index (κ2) is 9.82. The van der Waals surface area contributed by atoms with Crippen LogP contribution < -0.4 is 10.1 Å². The summed E-state index contributed by atoms with van der Waals surface area (Å²) in [6.07, 6.45) is 1.31. The lowest BCUT2D eigenvalue weighted by atomic mass is 9.88. The van der Waals surface area contributed by atoms with Crippen LogP contribution in [0.3, 0.4) is 0 Å². The molecule has 2 saturated heterocycles. The van der Waals surface area contributed by atoms with Gasteiger partial charge < -0.3 is 14.8 Å². The maximum absolute atomic E-state index is 13.4. The molecular formula is C30H28FN3O3. The zero-order valence-corrected chi connectivity index (χ0v) is 20.4. The Balaban J connectivity index is 1.17. The van der Waals surface area contributed by atoms with Crippen molar-refractivity contribution in [3.8, 4) is 5.75 Å². The van der Waals surface area contributed by atoms with Crippen molar-refractivity contribution in [2.45, 2.75) is 31.1 Å². The number of nitrogens with one attached hydrogen (secondary N) is 1. The predicted octanol–water partition coefficient (Wildman–Crippen LogP) is 5.62. The molecule has 1 spiro atoms. The number of ether oxygens (including phenoxy) is 2. The number of nitrogens with zero attached hydrogens (tertiary/aromatic N) is 2. The molecule has 0 bridgehead atoms. The minimum absolute atomic E-state index is 0.0974. The minimum Gasteiger partial charge on any atom is -0.487 e. The second-order valence-corrected chi connectivity index (χ2v) is 9.77. The van der Waals surface area contributed by atoms with E-state index >= 15 is 0 Å². The normalized spacial score (nSPS) is 17.9. The van der Waals surface area contributed by atoms with Gasteiger partial charge in [0, 0.05) is 31.3 Å². The van der Waals surface area contributed by atoms with Crippen LogP contribution in [0.4, 0.5) is 9.18 Å². The first-order valence-electron chi connectivity index (χ1n) is 12.6. The monoisotopic (exact) mass is 497 g/mol. The SMILES string of the molecule is O=C1NCC2(CCN(C(c3ccccc3)c3ccc(OCc4ccc5cc(F)ccc5n4)cc3)CC2)O1. The van der Waals surface area contributed by atoms with Gasteiger partial charge >= 0.3 is 6.09 Å². The van der Waals surface area contributed by atoms with Crippen LogP contribution in [0.5, 0.6) is 5.75 Å². The summed E-state index contributed by atoms with van der Waals surface area (Å²) in [5.41, 5.74) is 3.56. The number of aromatic nitrogens is 1. The van der Waals surface area contributed by atoms with E-state index < -0.39 is 0 Å². The van der Waals surface area contributed by atoms with Crippen molar-refractivity contribution < 1.29 is 18.7 Å². The number of hydrogen-bond donors (Lipinski definition) is 1. The average Bonchev–Trinajstić information content (AvgIpc) is 3.29. The molecule has 1 atom stereocenters. The van der Waals surface area contributed by atoms with Gasteiger partial charge in [0.05, 0.1) is 23.8 Å². The van der Waals surface area contributed by atoms with Crippen LogP contribution >= 0.6 is 0 Å². The van der Waals surface area contributed by atoms with E-state index in [2.05, 4.69) is 51.6 Å². The first-order valence-corrected chi connectivity index (χ1v) is 12.6. The van der Waals surface area contributed by atoms with Gasteiger partial charge in [-0.2, -0.15) is 0 Å². The van der Waals surface area contributed by atoms with E-state index in [0.29, 0.717) is 13.2 Å². The summed E-state index contributed by atoms with van der Waals surface area (Å²) in [6.45, 7) is 2.59. The Morgan fingerprint density at radius 2 is 1.73 bits per heavy atom. The number of carbonyl (C=O) groups excluding carboxylic acids is 1. The second-order valence-electron chi connectivity index (χ2n) is 9.77. The Bertz CT molecular complexity index is 1400. The van der Waals surface area contributed by atoms with Gasteiger partial charge in [-0.3, -0.25) is 4.90 Å². The number of benzene rings is 3. The van der Waals surface area contributed by atoms with E-state index in [0.717, 1.165) is 48.3 Å². The van der Waals surface area contributed by atoms with Crippen LogP contribution in [0.2, 0.25) is 0 Å². The van der Waals surface area contributed by atoms with Crippen molar-refractivity contribution in [3.63, 3.8) is 0 Å². The van der Waals surface area contributed by atoms with Crippen LogP contribution in [0, 0.1) is 5.82 Å². The molecule has 0 saturated carbocycles. The van der Waals surface area contributed by atoms with Crippen LogP contribution in [0.25, 0.3) is 10.9 Å². The van der Waals surface area contributed by atoms with Gasteiger partial charge in [-0.25, -0.2) is 14.2 Å². The Hall–Kier alpha value is -3.97. The van der Waals surface area contributed by atoms with Crippen LogP contribution in [-0.2, 0) is 11.3 Å². The number of carbonyl (C=O) groups is 1. The van der Waals surface area contributed by atoms with E-state index in [1.165, 1.54) is 23.3 Å². The van der Waals surface area contributed by atoms with Gasteiger partial charge in [-0.15, -0.1) is 0 Å². The number of likely N-dealkylation sites (tertiary alicyclic amines) is 1. The summed E-state index contributed by atoms with van der Waals surface area (Å²) < 4.78 is 25.1. The number of alkyl carbamates (subject to hydrolysis) is 1. The smallest absolute Gasteiger partial charge is 0.407 e. The third kappa shape index (κ3) is 5.00. The zero-order chi connectivity index (χ0) is 25.2. The number of hydrogen-bond acceptors (Lipinski definition) is 5. The summed E-state index contributed by atoms with van der Waals surface area (Å²) in [7, 11) is 0. The molecule has 6 nitrogen and oxygen atoms in total. The summed E-state index contributed by atoms with van der Waals surface area (Å²) in [4.78, 5) is 18.7. The fourth-order valence-corrected chi connectivity index (χ4v) is 5.34. The first kappa shape index (κ1) is 23.4. The topological polar surface area (TPSA) is 63.7 Å². The third-order valence-electron chi connectivity index (χ3n) is 7.35. The van der Waals surface area contributed by atoms with E-state index in [1.54, 1.807) is 6.07 Å². The lowest BCUT2D eigenvalue weighted by Crippen LogP contribution is -2.47. The van der Waals surface area contributed by atoms with Crippen molar-refractivity contribution in [2.24, 2.45) is 0 Å². The molecule has 2 aliphatic heterocycles. The van der Waals surface area contributed by atoms with Gasteiger partial charge in [0.15, 0.2) is 0 Å². The first-order chi connectivity index (χ1) is 18.1. The quantitative estimate of drug-likeness (QED) is 0.375. The van der Waals surface area contributed by atoms with Gasteiger partial charge in [-0.1, -0.05) is 48.5 Å². The molecule has 2 fully saturated rings. The minimum atomic E-state index is -0.377. The highest BCUT2D eigenvalue weighted by atomic mass is 19.1. The number of pyridine rings is 1. The highest BCUT2D eigenvalue weighted by Gasteiger charge is 2.44. The summed E-state index contributed by atoms with van der Waals surface area (Å²) in [5, 5.41) is 3.58. The number of halogens is 1. The zero-order valence-electron chi connectivity index (χ0n) is 20.4. The standard InChI is InChI=1S/C30H28FN3O3/c31-24-9-13-27-23(18-24)6-10-25(33-27)19-36-26-11-7-22(8-12-26)28(21-4-2-1-3-5-21)34-16-14-30(15-17-34)20-32-29(35)37-30/h1-13,18,28H,14-17,19-20H2,(H,32,35). The summed E-state index contributed by atoms with van der Waals surface area (Å²) in [6, 6.07) is 27.1. The molecule has 37 heavy (non-hydrogen) atoms. The Kier molecular flexibility index (Phi) is 6.22. The molecule has 1 amide bonds. The number of piperidine rings is 1. The van der Waals surface area contributed by atoms with Gasteiger partial charge in [0.2, 0.25) is 0 Å². The highest BCUT2D eigenvalue weighted by molar-refractivity contribution is 5.78. The van der Waals surface area contributed by atoms with Crippen LogP contribution in [0.15, 0.2) is 84.9 Å². The van der Waals surface area contributed by atoms with Gasteiger partial charge in [0.25, 0.3) is 0 Å². The van der Waals surface area contributed by atoms with Crippen molar-refractivity contribution in [3.05, 3.63) is 108 Å². The molecule has 1 unspecified atom stereocenters. The third-order valence-corrected chi connectivity index (χ3v) is 7.35. The van der Waals surface area contributed by atoms with E-state index in [9.17, 15) is 9.18 Å². The molecular weight excluding hydrogens is 469 g/mol. The maximum atomic E-state index is 13.4. The average molecular weight is 498 g/mol. The molecule has 3 heterocycles. The molecule has 3 aromatic carbocycles. The molecule has 4 aromatic rings. The lowest BCUT2D eigenvalue weighted by molar-refractivity contribution is -0.00618. The van der Waals surface area contributed by atoms with Gasteiger partial charge in [0.1, 0.15) is 23.8 Å². The van der Waals surface area contributed by atoms with Crippen LogP contribution in [-0.4, -0.2) is 41.2 Å². The largest absolute Gasteiger partial charge is 0.487 e. The molecule has 1 N–H and O–H groups in total. The Morgan fingerprint density at radius 3 is 2.46 bits per heavy atom. The molecule has 1 aromatic heterocycles. The van der Waals surface area contributed by atoms with E-state index in [-0.39, 0.29) is 23.6 Å². The van der Waals surface area contributed by atoms with Crippen molar-refractivity contribution in [1.29, 1.82) is 0 Å². The lowest BCUT2D eigenvalue weighted by Gasteiger charge is -2.41. The fraction of sp³-hybridized carbons (Fsp3) is 0.267. The van der Waals surface area contributed by atoms with Crippen LogP contribution in [0.1, 0.15) is 35.7 Å². The molecule has 0 radical (unpaired) electrons. The Labute approximate surface area is 215 Å². The molecule has 2 aliphatic rings. The summed E-state index contributed by atoms with van der Waals surface area (Å²) >= 11 is 0. The molecule has 6 rings (SSSR count). The number of amides is 1. The number of rotatable bonds is 6. The molecule has 0 aliphatic carbocycles.